The maximum atomic E-state index is 13.2. The molecule has 300 valence electrons. The SMILES string of the molecule is [C-]#[N+]/C(C#N)=C1\Sc2c(OC(=O)c3ccc(OCOOCCCCC(=O)OC=C)cc3)ccc(OC(=O)c3ccc(OC(=O)OCCCCOC(=O)C=C)cc3)c2S1. The quantitative estimate of drug-likeness (QED) is 0.00811. The van der Waals surface area contributed by atoms with Crippen LogP contribution in [0.15, 0.2) is 106 Å². The summed E-state index contributed by atoms with van der Waals surface area (Å²) in [5, 5.41) is 9.52. The van der Waals surface area contributed by atoms with Gasteiger partial charge >= 0.3 is 30.0 Å². The molecule has 0 saturated heterocycles. The van der Waals surface area contributed by atoms with E-state index in [1.807, 2.05) is 6.07 Å². The van der Waals surface area contributed by atoms with E-state index in [1.54, 1.807) is 0 Å². The number of carbonyl (C=O) groups is 5. The molecule has 4 rings (SSSR count). The minimum absolute atomic E-state index is 0.0365. The first-order valence-electron chi connectivity index (χ1n) is 17.2. The predicted octanol–water partition coefficient (Wildman–Crippen LogP) is 8.10. The third kappa shape index (κ3) is 13.9. The van der Waals surface area contributed by atoms with E-state index in [1.165, 1.54) is 60.7 Å². The molecule has 1 heterocycles. The Balaban J connectivity index is 1.32. The molecule has 3 aromatic rings. The number of nitriles is 1. The maximum Gasteiger partial charge on any atom is 0.513 e. The van der Waals surface area contributed by atoms with Gasteiger partial charge in [0, 0.05) is 12.5 Å². The second-order valence-electron chi connectivity index (χ2n) is 11.2. The third-order valence-corrected chi connectivity index (χ3v) is 9.83. The van der Waals surface area contributed by atoms with Gasteiger partial charge in [-0.15, -0.1) is 0 Å². The third-order valence-electron chi connectivity index (χ3n) is 7.23. The lowest BCUT2D eigenvalue weighted by Gasteiger charge is -2.12. The van der Waals surface area contributed by atoms with E-state index in [-0.39, 0.29) is 73.1 Å². The highest BCUT2D eigenvalue weighted by Crippen LogP contribution is 2.59. The van der Waals surface area contributed by atoms with Gasteiger partial charge in [-0.2, -0.15) is 4.89 Å². The summed E-state index contributed by atoms with van der Waals surface area (Å²) < 4.78 is 36.8. The Morgan fingerprint density at radius 1 is 0.724 bits per heavy atom. The first-order chi connectivity index (χ1) is 28.1. The van der Waals surface area contributed by atoms with E-state index >= 15 is 0 Å². The standard InChI is InChI=1S/C40H34N2O14S2/c1-4-33(43)49-21-8-9-22-50-40(47)54-29-17-13-27(14-18-29)38(46)56-32-20-19-31(35-36(32)58-39(57-35)30(24-41)42-3)55-37(45)26-11-15-28(16-12-26)51-25-53-52-23-7-6-10-34(44)48-5-2/h4-5,11-20H,1-2,6-10,21-23,25H2/b39-30+. The van der Waals surface area contributed by atoms with Crippen LogP contribution in [-0.4, -0.2) is 56.6 Å². The van der Waals surface area contributed by atoms with Crippen molar-refractivity contribution < 1.29 is 66.9 Å². The van der Waals surface area contributed by atoms with Crippen molar-refractivity contribution in [1.82, 2.24) is 0 Å². The van der Waals surface area contributed by atoms with E-state index in [0.717, 1.165) is 35.9 Å². The average Bonchev–Trinajstić information content (AvgIpc) is 3.68. The highest BCUT2D eigenvalue weighted by molar-refractivity contribution is 8.24. The molecule has 0 unspecified atom stereocenters. The molecular formula is C40H34N2O14S2. The first-order valence-corrected chi connectivity index (χ1v) is 18.8. The fraction of sp³-hybridized carbons (Fsp3) is 0.225. The molecule has 1 aliphatic heterocycles. The van der Waals surface area contributed by atoms with E-state index in [0.29, 0.717) is 45.5 Å². The van der Waals surface area contributed by atoms with Gasteiger partial charge in [0.25, 0.3) is 5.70 Å². The fourth-order valence-corrected chi connectivity index (χ4v) is 6.92. The van der Waals surface area contributed by atoms with Crippen LogP contribution in [0.3, 0.4) is 0 Å². The molecule has 0 aromatic heterocycles. The molecule has 0 aliphatic carbocycles. The Hall–Kier alpha value is -6.57. The van der Waals surface area contributed by atoms with Gasteiger partial charge in [-0.05, 0) is 86.3 Å². The number of hydrogen-bond donors (Lipinski definition) is 0. The summed E-state index contributed by atoms with van der Waals surface area (Å²) in [4.78, 5) is 74.7. The zero-order valence-electron chi connectivity index (χ0n) is 30.6. The maximum absolute atomic E-state index is 13.2. The monoisotopic (exact) mass is 830 g/mol. The summed E-state index contributed by atoms with van der Waals surface area (Å²) in [5.74, 6) is -1.74. The van der Waals surface area contributed by atoms with Crippen LogP contribution in [0.25, 0.3) is 4.85 Å². The van der Waals surface area contributed by atoms with E-state index in [9.17, 15) is 29.2 Å². The highest BCUT2D eigenvalue weighted by Gasteiger charge is 2.30. The number of ether oxygens (including phenoxy) is 7. The van der Waals surface area contributed by atoms with Crippen molar-refractivity contribution in [3.05, 3.63) is 119 Å². The molecule has 0 spiro atoms. The average molecular weight is 831 g/mol. The summed E-state index contributed by atoms with van der Waals surface area (Å²) in [6.45, 7) is 14.2. The molecule has 18 heteroatoms. The second kappa shape index (κ2) is 23.5. The Bertz CT molecular complexity index is 2090. The molecule has 16 nitrogen and oxygen atoms in total. The van der Waals surface area contributed by atoms with Gasteiger partial charge in [-0.25, -0.2) is 34.2 Å². The van der Waals surface area contributed by atoms with Crippen LogP contribution < -0.4 is 18.9 Å². The molecule has 0 atom stereocenters. The van der Waals surface area contributed by atoms with Gasteiger partial charge in [0.1, 0.15) is 23.0 Å². The smallest absolute Gasteiger partial charge is 0.465 e. The first kappa shape index (κ1) is 44.1. The molecule has 0 fully saturated rings. The zero-order valence-corrected chi connectivity index (χ0v) is 32.3. The molecule has 0 amide bonds. The van der Waals surface area contributed by atoms with Gasteiger partial charge in [-0.3, -0.25) is 4.79 Å². The molecule has 1 aliphatic rings. The molecule has 0 bridgehead atoms. The number of nitrogens with zero attached hydrogens (tertiary/aromatic N) is 2. The Morgan fingerprint density at radius 3 is 1.84 bits per heavy atom. The number of hydrogen-bond acceptors (Lipinski definition) is 17. The zero-order chi connectivity index (χ0) is 41.7. The van der Waals surface area contributed by atoms with Gasteiger partial charge in [-0.1, -0.05) is 36.7 Å². The minimum atomic E-state index is -0.960. The van der Waals surface area contributed by atoms with E-state index < -0.39 is 24.1 Å². The van der Waals surface area contributed by atoms with E-state index in [4.69, 9.17) is 44.8 Å². The predicted molar refractivity (Wildman–Crippen MR) is 205 cm³/mol. The van der Waals surface area contributed by atoms with E-state index in [2.05, 4.69) is 22.7 Å². The number of allylic oxidation sites excluding steroid dienone is 1. The lowest BCUT2D eigenvalue weighted by atomic mass is 10.2. The largest absolute Gasteiger partial charge is 0.513 e. The van der Waals surface area contributed by atoms with Crippen LogP contribution >= 0.6 is 23.5 Å². The van der Waals surface area contributed by atoms with Crippen molar-refractivity contribution in [2.45, 2.75) is 41.9 Å². The molecule has 0 saturated carbocycles. The van der Waals surface area contributed by atoms with Crippen LogP contribution in [0.2, 0.25) is 0 Å². The molecule has 58 heavy (non-hydrogen) atoms. The second-order valence-corrected chi connectivity index (χ2v) is 13.5. The van der Waals surface area contributed by atoms with Gasteiger partial charge in [0.05, 0.1) is 63.9 Å². The van der Waals surface area contributed by atoms with Crippen LogP contribution in [0.5, 0.6) is 23.0 Å². The summed E-state index contributed by atoms with van der Waals surface area (Å²) >= 11 is 2.04. The lowest BCUT2D eigenvalue weighted by Crippen LogP contribution is -2.13. The van der Waals surface area contributed by atoms with Crippen LogP contribution in [0.1, 0.15) is 52.8 Å². The molecule has 0 N–H and O–H groups in total. The van der Waals surface area contributed by atoms with Crippen molar-refractivity contribution in [3.8, 4) is 29.1 Å². The Kier molecular flexibility index (Phi) is 17.9. The number of fused-ring (bicyclic) bond motifs is 1. The highest BCUT2D eigenvalue weighted by atomic mass is 32.2. The number of rotatable bonds is 21. The fourth-order valence-electron chi connectivity index (χ4n) is 4.45. The topological polar surface area (TPSA) is 197 Å². The number of carbonyl (C=O) groups excluding carboxylic acids is 5. The number of thioether (sulfide) groups is 2. The van der Waals surface area contributed by atoms with Gasteiger partial charge in [0.2, 0.25) is 6.79 Å². The van der Waals surface area contributed by atoms with Crippen molar-refractivity contribution in [3.63, 3.8) is 0 Å². The normalized spacial score (nSPS) is 12.0. The molecule has 3 aromatic carbocycles. The number of unbranched alkanes of at least 4 members (excludes halogenated alkanes) is 2. The summed E-state index contributed by atoms with van der Waals surface area (Å²) in [5.41, 5.74) is 0.0918. The van der Waals surface area contributed by atoms with Crippen molar-refractivity contribution >= 4 is 53.6 Å². The van der Waals surface area contributed by atoms with Crippen molar-refractivity contribution in [2.24, 2.45) is 0 Å². The minimum Gasteiger partial charge on any atom is -0.465 e. The summed E-state index contributed by atoms with van der Waals surface area (Å²) in [6, 6.07) is 16.2. The van der Waals surface area contributed by atoms with Crippen molar-refractivity contribution in [2.75, 3.05) is 26.6 Å². The number of esters is 4. The Morgan fingerprint density at radius 2 is 1.29 bits per heavy atom. The van der Waals surface area contributed by atoms with Crippen molar-refractivity contribution in [1.29, 1.82) is 5.26 Å². The number of benzene rings is 3. The summed E-state index contributed by atoms with van der Waals surface area (Å²) in [7, 11) is 0. The van der Waals surface area contributed by atoms with Crippen LogP contribution in [0, 0.1) is 17.9 Å². The lowest BCUT2D eigenvalue weighted by molar-refractivity contribution is -0.323. The van der Waals surface area contributed by atoms with Crippen LogP contribution in [0.4, 0.5) is 4.79 Å². The van der Waals surface area contributed by atoms with Gasteiger partial charge < -0.3 is 33.2 Å². The molecular weight excluding hydrogens is 797 g/mol. The Labute approximate surface area is 340 Å². The summed E-state index contributed by atoms with van der Waals surface area (Å²) in [6.07, 6.45) is 3.41. The van der Waals surface area contributed by atoms with Gasteiger partial charge in [0.15, 0.2) is 0 Å². The molecule has 0 radical (unpaired) electrons. The van der Waals surface area contributed by atoms with Crippen LogP contribution in [-0.2, 0) is 33.6 Å².